The van der Waals surface area contributed by atoms with Crippen molar-refractivity contribution in [1.29, 1.82) is 0 Å². The third-order valence-electron chi connectivity index (χ3n) is 25.0. The predicted octanol–water partition coefficient (Wildman–Crippen LogP) is 15.2. The van der Waals surface area contributed by atoms with E-state index >= 15 is 0 Å². The van der Waals surface area contributed by atoms with E-state index in [1.54, 1.807) is 50.8 Å². The van der Waals surface area contributed by atoms with Crippen molar-refractivity contribution in [2.24, 2.45) is 94.7 Å². The molecule has 0 radical (unpaired) electrons. The third-order valence-corrected chi connectivity index (χ3v) is 25.0. The zero-order valence-corrected chi connectivity index (χ0v) is 60.3. The Kier molecular flexibility index (Phi) is 22.0. The smallest absolute Gasteiger partial charge is 0.314 e. The van der Waals surface area contributed by atoms with Gasteiger partial charge in [-0.1, -0.05) is 72.8 Å². The Bertz CT molecular complexity index is 4240. The normalized spacial score (nSPS) is 32.8. The van der Waals surface area contributed by atoms with Gasteiger partial charge in [-0.15, -0.1) is 0 Å². The number of carbonyl (C=O) groups excluding carboxylic acids is 6. The van der Waals surface area contributed by atoms with Gasteiger partial charge < -0.3 is 35.5 Å². The lowest BCUT2D eigenvalue weighted by molar-refractivity contribution is -0.145. The molecular formula is C86H96F3N7O9. The van der Waals surface area contributed by atoms with Crippen LogP contribution in [-0.4, -0.2) is 94.2 Å². The first-order chi connectivity index (χ1) is 50.8. The molecule has 6 heterocycles. The monoisotopic (exact) mass is 1430 g/mol. The highest BCUT2D eigenvalue weighted by molar-refractivity contribution is 5.81. The molecule has 16 nitrogen and oxygen atoms in total. The molecule has 3 aromatic carbocycles. The summed E-state index contributed by atoms with van der Waals surface area (Å²) in [5, 5.41) is 12.1. The number of nitrogens with zero attached hydrogens (tertiary/aromatic N) is 3. The summed E-state index contributed by atoms with van der Waals surface area (Å²) in [7, 11) is 1.63. The minimum absolute atomic E-state index is 0.00948. The number of urea groups is 1. The van der Waals surface area contributed by atoms with E-state index in [1.807, 2.05) is 81.4 Å². The summed E-state index contributed by atoms with van der Waals surface area (Å²) in [6.45, 7) is 7.61. The van der Waals surface area contributed by atoms with Gasteiger partial charge in [0.15, 0.2) is 0 Å². The lowest BCUT2D eigenvalue weighted by Gasteiger charge is -2.47. The second-order valence-corrected chi connectivity index (χ2v) is 31.4. The maximum atomic E-state index is 13.6. The van der Waals surface area contributed by atoms with E-state index in [0.29, 0.717) is 35.5 Å². The number of hydrogen-bond donors (Lipinski definition) is 4. The quantitative estimate of drug-likeness (QED) is 0.0627. The number of amides is 4. The largest absolute Gasteiger partial charge is 0.462 e. The van der Waals surface area contributed by atoms with Crippen molar-refractivity contribution in [2.45, 2.75) is 154 Å². The third kappa shape index (κ3) is 16.6. The molecule has 3 aliphatic heterocycles. The second-order valence-electron chi connectivity index (χ2n) is 31.4. The topological polar surface area (TPSA) is 217 Å². The van der Waals surface area contributed by atoms with Crippen LogP contribution in [0.2, 0.25) is 0 Å². The lowest BCUT2D eigenvalue weighted by atomic mass is 9.57. The van der Waals surface area contributed by atoms with E-state index in [0.717, 1.165) is 140 Å². The van der Waals surface area contributed by atoms with Crippen LogP contribution in [0.1, 0.15) is 135 Å². The number of cyclic esters (lactones) is 3. The molecule has 6 aromatic rings. The molecule has 21 atom stereocenters. The average Bonchev–Trinajstić information content (AvgIpc) is 1.68. The second kappa shape index (κ2) is 31.8. The number of aromatic nitrogens is 3. The van der Waals surface area contributed by atoms with E-state index in [2.05, 4.69) is 66.6 Å². The van der Waals surface area contributed by atoms with Crippen LogP contribution in [0, 0.1) is 112 Å². The van der Waals surface area contributed by atoms with Crippen LogP contribution < -0.4 is 21.3 Å². The number of esters is 3. The molecule has 3 aromatic heterocycles. The summed E-state index contributed by atoms with van der Waals surface area (Å²) in [6, 6.07) is 31.6. The first-order valence-electron chi connectivity index (χ1n) is 38.2. The van der Waals surface area contributed by atoms with Crippen LogP contribution >= 0.6 is 0 Å². The molecule has 3 saturated heterocycles. The first-order valence-corrected chi connectivity index (χ1v) is 38.2. The van der Waals surface area contributed by atoms with Crippen molar-refractivity contribution in [1.82, 2.24) is 36.2 Å². The number of ether oxygens (including phenoxy) is 3. The van der Waals surface area contributed by atoms with Gasteiger partial charge in [0.05, 0.1) is 34.8 Å². The van der Waals surface area contributed by atoms with Crippen LogP contribution in [-0.2, 0) is 38.2 Å². The molecule has 0 spiro atoms. The number of hydrogen-bond acceptors (Lipinski definition) is 12. The van der Waals surface area contributed by atoms with Crippen LogP contribution in [0.25, 0.3) is 51.6 Å². The van der Waals surface area contributed by atoms with Crippen molar-refractivity contribution < 1.29 is 56.1 Å². The Morgan fingerprint density at radius 3 is 1.08 bits per heavy atom. The maximum Gasteiger partial charge on any atom is 0.314 e. The van der Waals surface area contributed by atoms with E-state index in [4.69, 9.17) is 14.2 Å². The highest BCUT2D eigenvalue weighted by Gasteiger charge is 2.58. The molecule has 19 heteroatoms. The molecule has 4 amide bonds. The number of rotatable bonds is 13. The van der Waals surface area contributed by atoms with Crippen molar-refractivity contribution in [3.8, 4) is 33.4 Å². The molecule has 0 unspecified atom stereocenters. The summed E-state index contributed by atoms with van der Waals surface area (Å²) in [5.74, 6) is 2.91. The summed E-state index contributed by atoms with van der Waals surface area (Å²) >= 11 is 0. The number of allylic oxidation sites excluding steroid dienone is 3. The number of benzene rings is 3. The molecule has 10 aliphatic rings. The molecule has 7 saturated carbocycles. The van der Waals surface area contributed by atoms with E-state index < -0.39 is 0 Å². The van der Waals surface area contributed by atoms with Gasteiger partial charge in [-0.2, -0.15) is 0 Å². The summed E-state index contributed by atoms with van der Waals surface area (Å²) < 4.78 is 57.8. The predicted molar refractivity (Wildman–Crippen MR) is 394 cm³/mol. The Balaban J connectivity index is 0.000000133. The highest BCUT2D eigenvalue weighted by atomic mass is 19.1. The molecule has 4 N–H and O–H groups in total. The van der Waals surface area contributed by atoms with Gasteiger partial charge >= 0.3 is 23.9 Å². The standard InChI is InChI=1S/C30H33FN2O3.C28H32FN3O3.C28H31FN2O3/c1-17-28-26(12-9-23-8-7-20(16-32-23)19-3-2-4-22(31)13-19)25-11-10-24(33-29(34)18-5-6-18)14-21(25)15-27(28)30(35)36-17;1-16-26-24(11-8-21-7-6-18(15-31-21)17-4-3-5-20(29)12-17)23-10-9-22(32-28(34)30-2)13-19(23)14-25(26)27(33)35-16;1-16-27-25(11-8-22-7-6-19(15-30-22)18-4-3-5-21(29)12-18)24-10-9-23(31-17(2)32)13-20(24)14-26(27)28(33)34-16/h2-4,7-9,12-13,16-18,21,24-28H,5-6,10-11,14-15H2,1H3,(H,33,34);3-8,11-12,15-16,19,22-26H,9-10,13-14H2,1-2H3,(H2,30,32,34);3-8,11-12,15-16,20,23-27H,9-10,13-14H2,1-2H3,(H,31,32)/b12-9+;2*11-8+/t17-,21+,24-,25-,26+,27-,28+;16-,19+,22-,23-,24+,25-,26+;16-,20+,23-,24-,25+,26-,27+/m111/s1. The van der Waals surface area contributed by atoms with Gasteiger partial charge in [-0.25, -0.2) is 18.0 Å². The minimum atomic E-state index is -0.268. The van der Waals surface area contributed by atoms with Gasteiger partial charge in [-0.05, 0) is 253 Å². The summed E-state index contributed by atoms with van der Waals surface area (Å²) in [6.07, 6.45) is 31.2. The van der Waals surface area contributed by atoms with E-state index in [-0.39, 0.29) is 149 Å². The number of pyridine rings is 3. The van der Waals surface area contributed by atoms with Gasteiger partial charge in [0.2, 0.25) is 11.8 Å². The van der Waals surface area contributed by atoms with Gasteiger partial charge in [0.1, 0.15) is 35.8 Å². The lowest BCUT2D eigenvalue weighted by Crippen LogP contribution is -2.49. The van der Waals surface area contributed by atoms with Gasteiger partial charge in [-0.3, -0.25) is 38.9 Å². The van der Waals surface area contributed by atoms with E-state index in [1.165, 1.54) is 36.4 Å². The van der Waals surface area contributed by atoms with Crippen LogP contribution in [0.5, 0.6) is 0 Å². The maximum absolute atomic E-state index is 13.6. The summed E-state index contributed by atoms with van der Waals surface area (Å²) in [4.78, 5) is 87.5. The molecule has 105 heavy (non-hydrogen) atoms. The van der Waals surface area contributed by atoms with Crippen LogP contribution in [0.4, 0.5) is 18.0 Å². The first kappa shape index (κ1) is 72.7. The van der Waals surface area contributed by atoms with Crippen LogP contribution in [0.15, 0.2) is 146 Å². The number of nitrogens with one attached hydrogen (secondary N) is 4. The summed E-state index contributed by atoms with van der Waals surface area (Å²) in [5.41, 5.74) is 7.52. The van der Waals surface area contributed by atoms with Crippen molar-refractivity contribution in [2.75, 3.05) is 7.05 Å². The molecule has 10 fully saturated rings. The molecule has 16 rings (SSSR count). The molecule has 550 valence electrons. The molecular weight excluding hydrogens is 1330 g/mol. The Hall–Kier alpha value is -9.26. The van der Waals surface area contributed by atoms with Gasteiger partial charge in [0, 0.05) is 91.0 Å². The Morgan fingerprint density at radius 1 is 0.429 bits per heavy atom. The Morgan fingerprint density at radius 2 is 0.771 bits per heavy atom. The minimum Gasteiger partial charge on any atom is -0.462 e. The van der Waals surface area contributed by atoms with Crippen molar-refractivity contribution in [3.63, 3.8) is 0 Å². The fourth-order valence-corrected chi connectivity index (χ4v) is 20.1. The van der Waals surface area contributed by atoms with Crippen molar-refractivity contribution >= 4 is 54.0 Å². The van der Waals surface area contributed by atoms with Crippen molar-refractivity contribution in [3.05, 3.63) is 181 Å². The number of carbonyl (C=O) groups is 6. The number of halogens is 3. The molecule has 7 aliphatic carbocycles. The zero-order valence-electron chi connectivity index (χ0n) is 60.3. The average molecular weight is 1430 g/mol. The van der Waals surface area contributed by atoms with Gasteiger partial charge in [0.25, 0.3) is 0 Å². The van der Waals surface area contributed by atoms with E-state index in [9.17, 15) is 41.9 Å². The fraction of sp³-hybridized carbons (Fsp3) is 0.477. The fourth-order valence-electron chi connectivity index (χ4n) is 20.1. The number of fused-ring (bicyclic) bond motifs is 6. The zero-order chi connectivity index (χ0) is 73.2. The molecule has 0 bridgehead atoms. The Labute approximate surface area is 613 Å². The SMILES string of the molecule is CC(=O)N[C@@H]1CC[C@@H]2[C@@H](C1)C[C@H]1C(=O)O[C@H](C)[C@H]1[C@H]2/C=C/c1ccc(-c2cccc(F)c2)cn1.CNC(=O)N[C@@H]1CC[C@@H]2[C@@H](C1)C[C@H]1C(=O)O[C@H](C)[C@H]1[C@H]2/C=C/c1ccc(-c2cccc(F)c2)cn1.C[C@H]1OC(=O)[C@@H]2C[C@@H]3C[C@H](NC(=O)C4CC4)CC[C@H]3[C@H](/C=C/c3ccc(-c4cccc(F)c4)cn3)[C@H]12. The van der Waals surface area contributed by atoms with Crippen LogP contribution in [0.3, 0.4) is 0 Å². The highest BCUT2D eigenvalue weighted by Crippen LogP contribution is 2.57.